The molecule has 1 aromatic carbocycles. The SMILES string of the molecule is CCCCCCNC(=O)c1ccc(OCc2noc(C)n2)cc1. The van der Waals surface area contributed by atoms with Crippen molar-refractivity contribution in [3.63, 3.8) is 0 Å². The Hall–Kier alpha value is -2.37. The molecule has 0 saturated carbocycles. The molecule has 0 aliphatic rings. The van der Waals surface area contributed by atoms with Gasteiger partial charge in [0.05, 0.1) is 0 Å². The number of nitrogens with one attached hydrogen (secondary N) is 1. The number of hydrogen-bond acceptors (Lipinski definition) is 5. The Morgan fingerprint density at radius 1 is 1.22 bits per heavy atom. The van der Waals surface area contributed by atoms with Gasteiger partial charge >= 0.3 is 0 Å². The van der Waals surface area contributed by atoms with Gasteiger partial charge in [0.25, 0.3) is 5.91 Å². The van der Waals surface area contributed by atoms with Gasteiger partial charge in [-0.1, -0.05) is 31.3 Å². The molecule has 23 heavy (non-hydrogen) atoms. The van der Waals surface area contributed by atoms with Crippen LogP contribution in [0.2, 0.25) is 0 Å². The number of carbonyl (C=O) groups is 1. The third kappa shape index (κ3) is 5.73. The summed E-state index contributed by atoms with van der Waals surface area (Å²) < 4.78 is 10.4. The van der Waals surface area contributed by atoms with Crippen LogP contribution in [0.3, 0.4) is 0 Å². The van der Waals surface area contributed by atoms with Gasteiger partial charge in [0.15, 0.2) is 6.61 Å². The predicted octanol–water partition coefficient (Wildman–Crippen LogP) is 3.27. The molecule has 0 aliphatic heterocycles. The Morgan fingerprint density at radius 2 is 2.00 bits per heavy atom. The number of benzene rings is 1. The van der Waals surface area contributed by atoms with E-state index >= 15 is 0 Å². The zero-order valence-electron chi connectivity index (χ0n) is 13.7. The molecule has 0 unspecified atom stereocenters. The minimum absolute atomic E-state index is 0.0539. The molecule has 1 N–H and O–H groups in total. The Labute approximate surface area is 136 Å². The average Bonchev–Trinajstić information content (AvgIpc) is 2.98. The van der Waals surface area contributed by atoms with Crippen LogP contribution in [0.5, 0.6) is 5.75 Å². The van der Waals surface area contributed by atoms with Gasteiger partial charge in [0.2, 0.25) is 11.7 Å². The fraction of sp³-hybridized carbons (Fsp3) is 0.471. The molecule has 1 amide bonds. The van der Waals surface area contributed by atoms with Crippen LogP contribution < -0.4 is 10.1 Å². The molecule has 2 aromatic rings. The van der Waals surface area contributed by atoms with E-state index in [-0.39, 0.29) is 12.5 Å². The molecule has 0 saturated heterocycles. The van der Waals surface area contributed by atoms with Gasteiger partial charge in [-0.05, 0) is 30.7 Å². The second-order valence-corrected chi connectivity index (χ2v) is 5.36. The first-order valence-corrected chi connectivity index (χ1v) is 7.99. The molecule has 2 rings (SSSR count). The molecule has 1 heterocycles. The first-order valence-electron chi connectivity index (χ1n) is 7.99. The fourth-order valence-corrected chi connectivity index (χ4v) is 2.11. The van der Waals surface area contributed by atoms with E-state index in [9.17, 15) is 4.79 Å². The van der Waals surface area contributed by atoms with E-state index < -0.39 is 0 Å². The summed E-state index contributed by atoms with van der Waals surface area (Å²) in [6, 6.07) is 7.02. The smallest absolute Gasteiger partial charge is 0.251 e. The summed E-state index contributed by atoms with van der Waals surface area (Å²) >= 11 is 0. The van der Waals surface area contributed by atoms with Crippen molar-refractivity contribution in [1.29, 1.82) is 0 Å². The zero-order valence-corrected chi connectivity index (χ0v) is 13.7. The zero-order chi connectivity index (χ0) is 16.5. The van der Waals surface area contributed by atoms with E-state index in [0.717, 1.165) is 12.8 Å². The topological polar surface area (TPSA) is 77.2 Å². The minimum atomic E-state index is -0.0539. The van der Waals surface area contributed by atoms with Crippen molar-refractivity contribution < 1.29 is 14.1 Å². The van der Waals surface area contributed by atoms with Gasteiger partial charge in [-0.3, -0.25) is 4.79 Å². The van der Waals surface area contributed by atoms with E-state index in [0.29, 0.717) is 29.6 Å². The second-order valence-electron chi connectivity index (χ2n) is 5.36. The molecule has 0 radical (unpaired) electrons. The van der Waals surface area contributed by atoms with Crippen LogP contribution in [0.1, 0.15) is 54.7 Å². The van der Waals surface area contributed by atoms with Gasteiger partial charge in [0, 0.05) is 19.0 Å². The lowest BCUT2D eigenvalue weighted by Gasteiger charge is -2.07. The van der Waals surface area contributed by atoms with Gasteiger partial charge < -0.3 is 14.6 Å². The van der Waals surface area contributed by atoms with Crippen LogP contribution >= 0.6 is 0 Å². The highest BCUT2D eigenvalue weighted by Crippen LogP contribution is 2.13. The number of rotatable bonds is 9. The van der Waals surface area contributed by atoms with Crippen molar-refractivity contribution in [2.24, 2.45) is 0 Å². The van der Waals surface area contributed by atoms with Gasteiger partial charge in [-0.25, -0.2) is 0 Å². The van der Waals surface area contributed by atoms with Crippen LogP contribution in [-0.4, -0.2) is 22.6 Å². The molecule has 0 atom stereocenters. The largest absolute Gasteiger partial charge is 0.485 e. The number of aryl methyl sites for hydroxylation is 1. The second kappa shape index (κ2) is 8.92. The molecule has 6 nitrogen and oxygen atoms in total. The molecule has 124 valence electrons. The minimum Gasteiger partial charge on any atom is -0.485 e. The normalized spacial score (nSPS) is 10.5. The van der Waals surface area contributed by atoms with Gasteiger partial charge in [-0.2, -0.15) is 4.98 Å². The van der Waals surface area contributed by atoms with E-state index in [1.165, 1.54) is 12.8 Å². The number of unbranched alkanes of at least 4 members (excludes halogenated alkanes) is 3. The summed E-state index contributed by atoms with van der Waals surface area (Å²) in [6.45, 7) is 4.85. The summed E-state index contributed by atoms with van der Waals surface area (Å²) in [4.78, 5) is 16.0. The quantitative estimate of drug-likeness (QED) is 0.718. The molecule has 6 heteroatoms. The lowest BCUT2D eigenvalue weighted by atomic mass is 10.2. The Balaban J connectivity index is 1.76. The first-order chi connectivity index (χ1) is 11.2. The molecule has 0 aliphatic carbocycles. The molecule has 0 fully saturated rings. The average molecular weight is 317 g/mol. The molecular weight excluding hydrogens is 294 g/mol. The van der Waals surface area contributed by atoms with Crippen molar-refractivity contribution in [2.45, 2.75) is 46.1 Å². The third-order valence-corrected chi connectivity index (χ3v) is 3.37. The van der Waals surface area contributed by atoms with E-state index in [2.05, 4.69) is 22.4 Å². The molecular formula is C17H23N3O3. The van der Waals surface area contributed by atoms with E-state index in [1.807, 2.05) is 0 Å². The Morgan fingerprint density at radius 3 is 2.65 bits per heavy atom. The molecule has 0 spiro atoms. The maximum absolute atomic E-state index is 12.0. The summed E-state index contributed by atoms with van der Waals surface area (Å²) in [5, 5.41) is 6.68. The summed E-state index contributed by atoms with van der Waals surface area (Å²) in [7, 11) is 0. The highest BCUT2D eigenvalue weighted by Gasteiger charge is 2.06. The number of amides is 1. The van der Waals surface area contributed by atoms with Crippen molar-refractivity contribution in [1.82, 2.24) is 15.5 Å². The standard InChI is InChI=1S/C17H23N3O3/c1-3-4-5-6-11-18-17(21)14-7-9-15(10-8-14)22-12-16-19-13(2)23-20-16/h7-10H,3-6,11-12H2,1-2H3,(H,18,21). The van der Waals surface area contributed by atoms with Gasteiger partial charge in [0.1, 0.15) is 5.75 Å². The predicted molar refractivity (Wildman–Crippen MR) is 86.3 cm³/mol. The van der Waals surface area contributed by atoms with Crippen molar-refractivity contribution in [2.75, 3.05) is 6.54 Å². The number of aromatic nitrogens is 2. The summed E-state index contributed by atoms with van der Waals surface area (Å²) in [6.07, 6.45) is 4.57. The number of ether oxygens (including phenoxy) is 1. The van der Waals surface area contributed by atoms with Crippen LogP contribution in [0.25, 0.3) is 0 Å². The van der Waals surface area contributed by atoms with Crippen LogP contribution in [0.15, 0.2) is 28.8 Å². The number of hydrogen-bond donors (Lipinski definition) is 1. The monoisotopic (exact) mass is 317 g/mol. The van der Waals surface area contributed by atoms with Crippen molar-refractivity contribution in [3.8, 4) is 5.75 Å². The van der Waals surface area contributed by atoms with Crippen LogP contribution in [0.4, 0.5) is 0 Å². The highest BCUT2D eigenvalue weighted by molar-refractivity contribution is 5.94. The fourth-order valence-electron chi connectivity index (χ4n) is 2.11. The highest BCUT2D eigenvalue weighted by atomic mass is 16.5. The maximum atomic E-state index is 12.0. The first kappa shape index (κ1) is 17.0. The molecule has 0 bridgehead atoms. The Bertz CT molecular complexity index is 608. The third-order valence-electron chi connectivity index (χ3n) is 3.37. The van der Waals surface area contributed by atoms with Crippen molar-refractivity contribution >= 4 is 5.91 Å². The van der Waals surface area contributed by atoms with Crippen LogP contribution in [-0.2, 0) is 6.61 Å². The van der Waals surface area contributed by atoms with E-state index in [1.54, 1.807) is 31.2 Å². The van der Waals surface area contributed by atoms with Gasteiger partial charge in [-0.15, -0.1) is 0 Å². The number of nitrogens with zero attached hydrogens (tertiary/aromatic N) is 2. The summed E-state index contributed by atoms with van der Waals surface area (Å²) in [5.41, 5.74) is 0.628. The van der Waals surface area contributed by atoms with E-state index in [4.69, 9.17) is 9.26 Å². The maximum Gasteiger partial charge on any atom is 0.251 e. The number of carbonyl (C=O) groups excluding carboxylic acids is 1. The Kier molecular flexibility index (Phi) is 6.59. The lowest BCUT2D eigenvalue weighted by Crippen LogP contribution is -2.24. The van der Waals surface area contributed by atoms with Crippen molar-refractivity contribution in [3.05, 3.63) is 41.5 Å². The van der Waals surface area contributed by atoms with Crippen LogP contribution in [0, 0.1) is 6.92 Å². The lowest BCUT2D eigenvalue weighted by molar-refractivity contribution is 0.0953. The molecule has 1 aromatic heterocycles. The summed E-state index contributed by atoms with van der Waals surface area (Å²) in [5.74, 6) is 1.61.